The second-order valence-corrected chi connectivity index (χ2v) is 4.24. The third-order valence-corrected chi connectivity index (χ3v) is 3.03. The maximum atomic E-state index is 11.9. The van der Waals surface area contributed by atoms with Gasteiger partial charge in [0, 0.05) is 38.8 Å². The van der Waals surface area contributed by atoms with Gasteiger partial charge in [0.1, 0.15) is 5.76 Å². The van der Waals surface area contributed by atoms with E-state index in [1.165, 1.54) is 0 Å². The van der Waals surface area contributed by atoms with Gasteiger partial charge in [0.25, 0.3) is 0 Å². The summed E-state index contributed by atoms with van der Waals surface area (Å²) in [5.74, 6) is 0.692. The maximum absolute atomic E-state index is 11.9. The quantitative estimate of drug-likeness (QED) is 0.787. The molecule has 1 saturated heterocycles. The SMILES string of the molecule is O=C(/C=C/c1ccco1)N1CCN(CCO)CC1. The lowest BCUT2D eigenvalue weighted by atomic mass is 10.3. The number of carbonyl (C=O) groups is 1. The molecule has 0 radical (unpaired) electrons. The molecule has 0 aromatic carbocycles. The number of rotatable bonds is 4. The van der Waals surface area contributed by atoms with Crippen LogP contribution < -0.4 is 0 Å². The van der Waals surface area contributed by atoms with Crippen LogP contribution in [0.5, 0.6) is 0 Å². The first-order valence-electron chi connectivity index (χ1n) is 6.13. The van der Waals surface area contributed by atoms with E-state index < -0.39 is 0 Å². The molecule has 5 heteroatoms. The van der Waals surface area contributed by atoms with Gasteiger partial charge in [0.05, 0.1) is 12.9 Å². The topological polar surface area (TPSA) is 56.9 Å². The Bertz CT molecular complexity index is 392. The summed E-state index contributed by atoms with van der Waals surface area (Å²) in [6.45, 7) is 3.92. The van der Waals surface area contributed by atoms with Gasteiger partial charge in [-0.1, -0.05) is 0 Å². The largest absolute Gasteiger partial charge is 0.465 e. The number of piperazine rings is 1. The van der Waals surface area contributed by atoms with Crippen LogP contribution in [0.4, 0.5) is 0 Å². The molecule has 0 spiro atoms. The van der Waals surface area contributed by atoms with Crippen LogP contribution in [0.15, 0.2) is 28.9 Å². The normalized spacial score (nSPS) is 17.5. The van der Waals surface area contributed by atoms with Gasteiger partial charge < -0.3 is 14.4 Å². The van der Waals surface area contributed by atoms with E-state index in [1.807, 2.05) is 11.0 Å². The lowest BCUT2D eigenvalue weighted by molar-refractivity contribution is -0.127. The molecule has 1 amide bonds. The van der Waals surface area contributed by atoms with Crippen molar-refractivity contribution in [2.45, 2.75) is 0 Å². The van der Waals surface area contributed by atoms with Crippen molar-refractivity contribution in [3.8, 4) is 0 Å². The molecular formula is C13H18N2O3. The molecule has 2 heterocycles. The summed E-state index contributed by atoms with van der Waals surface area (Å²) in [4.78, 5) is 15.9. The van der Waals surface area contributed by atoms with Crippen LogP contribution in [-0.4, -0.2) is 60.1 Å². The number of amides is 1. The predicted molar refractivity (Wildman–Crippen MR) is 67.8 cm³/mol. The maximum Gasteiger partial charge on any atom is 0.246 e. The highest BCUT2D eigenvalue weighted by molar-refractivity contribution is 5.91. The highest BCUT2D eigenvalue weighted by Gasteiger charge is 2.18. The lowest BCUT2D eigenvalue weighted by Gasteiger charge is -2.33. The third-order valence-electron chi connectivity index (χ3n) is 3.03. The summed E-state index contributed by atoms with van der Waals surface area (Å²) < 4.78 is 5.13. The Morgan fingerprint density at radius 3 is 2.78 bits per heavy atom. The number of furan rings is 1. The van der Waals surface area contributed by atoms with Gasteiger partial charge in [-0.05, 0) is 18.2 Å². The molecule has 5 nitrogen and oxygen atoms in total. The molecule has 1 fully saturated rings. The standard InChI is InChI=1S/C13H18N2O3/c16-10-9-14-5-7-15(8-6-14)13(17)4-3-12-2-1-11-18-12/h1-4,11,16H,5-10H2/b4-3+. The Hall–Kier alpha value is -1.59. The van der Waals surface area contributed by atoms with Crippen molar-refractivity contribution >= 4 is 12.0 Å². The Morgan fingerprint density at radius 2 is 2.17 bits per heavy atom. The van der Waals surface area contributed by atoms with Crippen LogP contribution in [0, 0.1) is 0 Å². The molecule has 0 aliphatic carbocycles. The van der Waals surface area contributed by atoms with Crippen molar-refractivity contribution in [1.29, 1.82) is 0 Å². The van der Waals surface area contributed by atoms with Crippen LogP contribution in [-0.2, 0) is 4.79 Å². The summed E-state index contributed by atoms with van der Waals surface area (Å²) in [6, 6.07) is 3.60. The zero-order valence-corrected chi connectivity index (χ0v) is 10.3. The van der Waals surface area contributed by atoms with E-state index >= 15 is 0 Å². The fraction of sp³-hybridized carbons (Fsp3) is 0.462. The molecule has 18 heavy (non-hydrogen) atoms. The average Bonchev–Trinajstić information content (AvgIpc) is 2.90. The molecular weight excluding hydrogens is 232 g/mol. The monoisotopic (exact) mass is 250 g/mol. The van der Waals surface area contributed by atoms with Gasteiger partial charge in [-0.25, -0.2) is 0 Å². The van der Waals surface area contributed by atoms with E-state index in [1.54, 1.807) is 24.5 Å². The summed E-state index contributed by atoms with van der Waals surface area (Å²) >= 11 is 0. The molecule has 1 aliphatic heterocycles. The number of hydrogen-bond donors (Lipinski definition) is 1. The predicted octanol–water partition coefficient (Wildman–Crippen LogP) is 0.429. The molecule has 1 aromatic heterocycles. The molecule has 0 atom stereocenters. The van der Waals surface area contributed by atoms with Gasteiger partial charge in [0.15, 0.2) is 0 Å². The zero-order valence-electron chi connectivity index (χ0n) is 10.3. The van der Waals surface area contributed by atoms with Crippen molar-refractivity contribution in [2.24, 2.45) is 0 Å². The van der Waals surface area contributed by atoms with Crippen LogP contribution in [0.2, 0.25) is 0 Å². The van der Waals surface area contributed by atoms with Crippen molar-refractivity contribution in [2.75, 3.05) is 39.3 Å². The Morgan fingerprint density at radius 1 is 1.39 bits per heavy atom. The molecule has 0 unspecified atom stereocenters. The van der Waals surface area contributed by atoms with E-state index in [-0.39, 0.29) is 12.5 Å². The fourth-order valence-corrected chi connectivity index (χ4v) is 1.98. The van der Waals surface area contributed by atoms with E-state index in [0.29, 0.717) is 25.4 Å². The number of hydrogen-bond acceptors (Lipinski definition) is 4. The Kier molecular flexibility index (Phi) is 4.55. The van der Waals surface area contributed by atoms with Crippen LogP contribution in [0.3, 0.4) is 0 Å². The zero-order chi connectivity index (χ0) is 12.8. The number of aliphatic hydroxyl groups excluding tert-OH is 1. The first-order valence-corrected chi connectivity index (χ1v) is 6.13. The lowest BCUT2D eigenvalue weighted by Crippen LogP contribution is -2.48. The van der Waals surface area contributed by atoms with Gasteiger partial charge in [0.2, 0.25) is 5.91 Å². The first-order chi connectivity index (χ1) is 8.79. The van der Waals surface area contributed by atoms with Gasteiger partial charge in [-0.2, -0.15) is 0 Å². The Labute approximate surface area is 106 Å². The number of nitrogens with zero attached hydrogens (tertiary/aromatic N) is 2. The number of carbonyl (C=O) groups excluding carboxylic acids is 1. The minimum Gasteiger partial charge on any atom is -0.465 e. The molecule has 1 N–H and O–H groups in total. The summed E-state index contributed by atoms with van der Waals surface area (Å²) in [7, 11) is 0. The van der Waals surface area contributed by atoms with E-state index in [2.05, 4.69) is 4.90 Å². The molecule has 2 rings (SSSR count). The van der Waals surface area contributed by atoms with Crippen molar-refractivity contribution in [1.82, 2.24) is 9.80 Å². The second kappa shape index (κ2) is 6.37. The smallest absolute Gasteiger partial charge is 0.246 e. The van der Waals surface area contributed by atoms with E-state index in [9.17, 15) is 4.79 Å². The molecule has 1 aliphatic rings. The average molecular weight is 250 g/mol. The minimum atomic E-state index is 0.00930. The van der Waals surface area contributed by atoms with Crippen molar-refractivity contribution in [3.63, 3.8) is 0 Å². The second-order valence-electron chi connectivity index (χ2n) is 4.24. The Balaban J connectivity index is 1.80. The van der Waals surface area contributed by atoms with Gasteiger partial charge >= 0.3 is 0 Å². The molecule has 98 valence electrons. The molecule has 1 aromatic rings. The van der Waals surface area contributed by atoms with Crippen molar-refractivity contribution in [3.05, 3.63) is 30.2 Å². The van der Waals surface area contributed by atoms with E-state index in [4.69, 9.17) is 9.52 Å². The highest BCUT2D eigenvalue weighted by Crippen LogP contribution is 2.05. The van der Waals surface area contributed by atoms with Crippen LogP contribution >= 0.6 is 0 Å². The summed E-state index contributed by atoms with van der Waals surface area (Å²) in [5, 5.41) is 8.84. The fourth-order valence-electron chi connectivity index (χ4n) is 1.98. The number of β-amino-alcohol motifs (C(OH)–C–C–N with tert-alkyl or cyclic N) is 1. The van der Waals surface area contributed by atoms with Crippen molar-refractivity contribution < 1.29 is 14.3 Å². The van der Waals surface area contributed by atoms with Crippen LogP contribution in [0.25, 0.3) is 6.08 Å². The minimum absolute atomic E-state index is 0.00930. The third kappa shape index (κ3) is 3.45. The molecule has 0 bridgehead atoms. The summed E-state index contributed by atoms with van der Waals surface area (Å²) in [6.07, 6.45) is 4.81. The summed E-state index contributed by atoms with van der Waals surface area (Å²) in [5.41, 5.74) is 0. The van der Waals surface area contributed by atoms with Gasteiger partial charge in [-0.3, -0.25) is 9.69 Å². The van der Waals surface area contributed by atoms with Crippen LogP contribution in [0.1, 0.15) is 5.76 Å². The van der Waals surface area contributed by atoms with E-state index in [0.717, 1.165) is 13.1 Å². The van der Waals surface area contributed by atoms with Gasteiger partial charge in [-0.15, -0.1) is 0 Å². The first kappa shape index (κ1) is 12.9. The molecule has 0 saturated carbocycles. The highest BCUT2D eigenvalue weighted by atomic mass is 16.3. The number of aliphatic hydroxyl groups is 1.